The number of carbonyl (C=O) groups is 1. The summed E-state index contributed by atoms with van der Waals surface area (Å²) in [5.41, 5.74) is 1.71. The van der Waals surface area contributed by atoms with Gasteiger partial charge < -0.3 is 14.8 Å². The average Bonchev–Trinajstić information content (AvgIpc) is 2.63. The largest absolute Gasteiger partial charge is 0.497 e. The van der Waals surface area contributed by atoms with Gasteiger partial charge in [-0.1, -0.05) is 12.1 Å². The number of rotatable bonds is 7. The van der Waals surface area contributed by atoms with E-state index >= 15 is 0 Å². The SMILES string of the molecule is COc1ccc(NC(=O)CCN2CCC2c2ccc(F)cc2)c(OC)c1. The van der Waals surface area contributed by atoms with Gasteiger partial charge in [0.2, 0.25) is 5.91 Å². The Balaban J connectivity index is 1.54. The zero-order chi connectivity index (χ0) is 18.5. The molecule has 2 aromatic carbocycles. The van der Waals surface area contributed by atoms with E-state index in [1.807, 2.05) is 12.1 Å². The number of ether oxygens (including phenoxy) is 2. The minimum absolute atomic E-state index is 0.0711. The van der Waals surface area contributed by atoms with Crippen LogP contribution in [0.4, 0.5) is 10.1 Å². The van der Waals surface area contributed by atoms with Gasteiger partial charge in [0.25, 0.3) is 0 Å². The van der Waals surface area contributed by atoms with Crippen LogP contribution in [0.5, 0.6) is 11.5 Å². The third-order valence-corrected chi connectivity index (χ3v) is 4.69. The van der Waals surface area contributed by atoms with Crippen molar-refractivity contribution >= 4 is 11.6 Å². The topological polar surface area (TPSA) is 50.8 Å². The molecule has 0 radical (unpaired) electrons. The molecule has 0 bridgehead atoms. The fourth-order valence-electron chi connectivity index (χ4n) is 3.13. The van der Waals surface area contributed by atoms with Gasteiger partial charge in [-0.2, -0.15) is 0 Å². The molecule has 138 valence electrons. The van der Waals surface area contributed by atoms with E-state index in [0.717, 1.165) is 18.5 Å². The normalized spacial score (nSPS) is 16.7. The molecule has 1 saturated heterocycles. The summed E-state index contributed by atoms with van der Waals surface area (Å²) in [5.74, 6) is 0.930. The summed E-state index contributed by atoms with van der Waals surface area (Å²) >= 11 is 0. The van der Waals surface area contributed by atoms with Gasteiger partial charge in [0, 0.05) is 31.6 Å². The highest BCUT2D eigenvalue weighted by molar-refractivity contribution is 5.92. The van der Waals surface area contributed by atoms with E-state index in [0.29, 0.717) is 30.2 Å². The molecule has 1 atom stereocenters. The molecule has 0 aliphatic carbocycles. The van der Waals surface area contributed by atoms with Gasteiger partial charge in [-0.25, -0.2) is 4.39 Å². The van der Waals surface area contributed by atoms with E-state index < -0.39 is 0 Å². The highest BCUT2D eigenvalue weighted by Gasteiger charge is 2.29. The first kappa shape index (κ1) is 18.2. The Bertz CT molecular complexity index is 764. The van der Waals surface area contributed by atoms with Crippen molar-refractivity contribution in [3.05, 3.63) is 53.8 Å². The second kappa shape index (κ2) is 8.19. The lowest BCUT2D eigenvalue weighted by Gasteiger charge is -2.41. The lowest BCUT2D eigenvalue weighted by Crippen LogP contribution is -2.42. The van der Waals surface area contributed by atoms with Crippen LogP contribution >= 0.6 is 0 Å². The van der Waals surface area contributed by atoms with E-state index in [9.17, 15) is 9.18 Å². The Morgan fingerprint density at radius 3 is 2.58 bits per heavy atom. The molecule has 1 fully saturated rings. The predicted octanol–water partition coefficient (Wildman–Crippen LogP) is 3.62. The van der Waals surface area contributed by atoms with Crippen LogP contribution in [0.1, 0.15) is 24.4 Å². The van der Waals surface area contributed by atoms with E-state index in [4.69, 9.17) is 9.47 Å². The molecule has 0 saturated carbocycles. The summed E-state index contributed by atoms with van der Waals surface area (Å²) < 4.78 is 23.5. The number of likely N-dealkylation sites (tertiary alicyclic amines) is 1. The fraction of sp³-hybridized carbons (Fsp3) is 0.350. The maximum Gasteiger partial charge on any atom is 0.225 e. The molecule has 2 aromatic rings. The number of hydrogen-bond acceptors (Lipinski definition) is 4. The van der Waals surface area contributed by atoms with Crippen molar-refractivity contribution < 1.29 is 18.7 Å². The van der Waals surface area contributed by atoms with Crippen LogP contribution in [0.15, 0.2) is 42.5 Å². The number of methoxy groups -OCH3 is 2. The van der Waals surface area contributed by atoms with Crippen LogP contribution in [-0.4, -0.2) is 38.1 Å². The fourth-order valence-corrected chi connectivity index (χ4v) is 3.13. The molecule has 0 spiro atoms. The average molecular weight is 358 g/mol. The molecular weight excluding hydrogens is 335 g/mol. The van der Waals surface area contributed by atoms with E-state index in [2.05, 4.69) is 10.2 Å². The van der Waals surface area contributed by atoms with Gasteiger partial charge >= 0.3 is 0 Å². The number of anilines is 1. The van der Waals surface area contributed by atoms with Crippen LogP contribution in [0.2, 0.25) is 0 Å². The molecule has 1 unspecified atom stereocenters. The second-order valence-corrected chi connectivity index (χ2v) is 6.26. The van der Waals surface area contributed by atoms with Gasteiger partial charge in [-0.05, 0) is 36.2 Å². The van der Waals surface area contributed by atoms with Crippen molar-refractivity contribution in [3.8, 4) is 11.5 Å². The van der Waals surface area contributed by atoms with Gasteiger partial charge in [-0.15, -0.1) is 0 Å². The third kappa shape index (κ3) is 4.14. The number of benzene rings is 2. The maximum absolute atomic E-state index is 13.1. The minimum atomic E-state index is -0.229. The summed E-state index contributed by atoms with van der Waals surface area (Å²) in [6, 6.07) is 12.1. The van der Waals surface area contributed by atoms with Crippen LogP contribution < -0.4 is 14.8 Å². The summed E-state index contributed by atoms with van der Waals surface area (Å²) in [6.45, 7) is 1.60. The second-order valence-electron chi connectivity index (χ2n) is 6.26. The maximum atomic E-state index is 13.1. The first-order chi connectivity index (χ1) is 12.6. The number of nitrogens with zero attached hydrogens (tertiary/aromatic N) is 1. The van der Waals surface area contributed by atoms with E-state index in [1.165, 1.54) is 12.1 Å². The summed E-state index contributed by atoms with van der Waals surface area (Å²) in [4.78, 5) is 14.5. The summed E-state index contributed by atoms with van der Waals surface area (Å²) in [5, 5.41) is 2.88. The van der Waals surface area contributed by atoms with Crippen LogP contribution in [0.3, 0.4) is 0 Å². The molecule has 1 aliphatic rings. The number of amides is 1. The number of carbonyl (C=O) groups excluding carboxylic acids is 1. The van der Waals surface area contributed by atoms with E-state index in [1.54, 1.807) is 32.4 Å². The molecule has 1 N–H and O–H groups in total. The van der Waals surface area contributed by atoms with Crippen LogP contribution in [0.25, 0.3) is 0 Å². The molecule has 0 aromatic heterocycles. The first-order valence-electron chi connectivity index (χ1n) is 8.62. The Labute approximate surface area is 152 Å². The third-order valence-electron chi connectivity index (χ3n) is 4.69. The number of hydrogen-bond donors (Lipinski definition) is 1. The molecular formula is C20H23FN2O3. The van der Waals surface area contributed by atoms with Gasteiger partial charge in [-0.3, -0.25) is 9.69 Å². The molecule has 1 amide bonds. The Morgan fingerprint density at radius 2 is 1.96 bits per heavy atom. The summed E-state index contributed by atoms with van der Waals surface area (Å²) in [7, 11) is 3.13. The monoisotopic (exact) mass is 358 g/mol. The lowest BCUT2D eigenvalue weighted by molar-refractivity contribution is -0.117. The molecule has 26 heavy (non-hydrogen) atoms. The van der Waals surface area contributed by atoms with Crippen molar-refractivity contribution in [2.45, 2.75) is 18.9 Å². The standard InChI is InChI=1S/C20H23FN2O3/c1-25-16-7-8-17(19(13-16)26-2)22-20(24)10-12-23-11-9-18(23)14-3-5-15(21)6-4-14/h3-8,13,18H,9-12H2,1-2H3,(H,22,24). The van der Waals surface area contributed by atoms with Gasteiger partial charge in [0.1, 0.15) is 17.3 Å². The van der Waals surface area contributed by atoms with Crippen molar-refractivity contribution in [1.29, 1.82) is 0 Å². The Kier molecular flexibility index (Phi) is 5.73. The van der Waals surface area contributed by atoms with Crippen molar-refractivity contribution in [1.82, 2.24) is 4.90 Å². The molecule has 3 rings (SSSR count). The molecule has 1 aliphatic heterocycles. The summed E-state index contributed by atoms with van der Waals surface area (Å²) in [6.07, 6.45) is 1.41. The smallest absolute Gasteiger partial charge is 0.225 e. The highest BCUT2D eigenvalue weighted by atomic mass is 19.1. The van der Waals surface area contributed by atoms with Crippen molar-refractivity contribution in [3.63, 3.8) is 0 Å². The molecule has 6 heteroatoms. The van der Waals surface area contributed by atoms with Gasteiger partial charge in [0.15, 0.2) is 0 Å². The number of nitrogens with one attached hydrogen (secondary N) is 1. The zero-order valence-electron chi connectivity index (χ0n) is 15.0. The Morgan fingerprint density at radius 1 is 1.19 bits per heavy atom. The Hall–Kier alpha value is -2.60. The van der Waals surface area contributed by atoms with Crippen LogP contribution in [0, 0.1) is 5.82 Å². The molecule has 5 nitrogen and oxygen atoms in total. The highest BCUT2D eigenvalue weighted by Crippen LogP contribution is 2.33. The van der Waals surface area contributed by atoms with Crippen molar-refractivity contribution in [2.24, 2.45) is 0 Å². The minimum Gasteiger partial charge on any atom is -0.497 e. The molecule has 1 heterocycles. The van der Waals surface area contributed by atoms with E-state index in [-0.39, 0.29) is 17.8 Å². The quantitative estimate of drug-likeness (QED) is 0.821. The van der Waals surface area contributed by atoms with Crippen molar-refractivity contribution in [2.75, 3.05) is 32.6 Å². The lowest BCUT2D eigenvalue weighted by atomic mass is 9.94. The van der Waals surface area contributed by atoms with Gasteiger partial charge in [0.05, 0.1) is 19.9 Å². The predicted molar refractivity (Wildman–Crippen MR) is 98.1 cm³/mol. The van der Waals surface area contributed by atoms with Crippen LogP contribution in [-0.2, 0) is 4.79 Å². The zero-order valence-corrected chi connectivity index (χ0v) is 15.0. The number of halogens is 1. The first-order valence-corrected chi connectivity index (χ1v) is 8.62.